The van der Waals surface area contributed by atoms with Gasteiger partial charge in [-0.1, -0.05) is 12.1 Å². The van der Waals surface area contributed by atoms with Gasteiger partial charge < -0.3 is 24.0 Å². The van der Waals surface area contributed by atoms with Crippen molar-refractivity contribution in [2.24, 2.45) is 0 Å². The Balaban J connectivity index is 1.53. The van der Waals surface area contributed by atoms with Crippen molar-refractivity contribution in [1.82, 2.24) is 9.21 Å². The smallest absolute Gasteiger partial charge is 0.257 e. The van der Waals surface area contributed by atoms with Gasteiger partial charge in [0.05, 0.1) is 43.6 Å². The summed E-state index contributed by atoms with van der Waals surface area (Å²) in [6.07, 6.45) is 0. The van der Waals surface area contributed by atoms with Gasteiger partial charge in [0.2, 0.25) is 10.0 Å². The molecule has 0 aliphatic carbocycles. The van der Waals surface area contributed by atoms with Crippen LogP contribution in [0.25, 0.3) is 0 Å². The number of anilines is 1. The number of benzene rings is 2. The molecule has 178 valence electrons. The molecule has 2 fully saturated rings. The van der Waals surface area contributed by atoms with Crippen LogP contribution in [0.4, 0.5) is 5.69 Å². The third kappa shape index (κ3) is 4.78. The number of amides is 1. The first-order valence-electron chi connectivity index (χ1n) is 10.9. The molecule has 0 atom stereocenters. The van der Waals surface area contributed by atoms with Gasteiger partial charge in [-0.25, -0.2) is 8.42 Å². The van der Waals surface area contributed by atoms with Gasteiger partial charge >= 0.3 is 0 Å². The molecule has 0 bridgehead atoms. The molecule has 33 heavy (non-hydrogen) atoms. The van der Waals surface area contributed by atoms with Crippen LogP contribution in [0.15, 0.2) is 47.4 Å². The van der Waals surface area contributed by atoms with Crippen LogP contribution < -0.4 is 14.4 Å². The number of sulfonamides is 1. The van der Waals surface area contributed by atoms with Crippen molar-refractivity contribution >= 4 is 21.6 Å². The average Bonchev–Trinajstić information content (AvgIpc) is 2.88. The summed E-state index contributed by atoms with van der Waals surface area (Å²) in [5, 5.41) is 0. The van der Waals surface area contributed by atoms with Crippen LogP contribution in [0.1, 0.15) is 10.4 Å². The fraction of sp³-hybridized carbons (Fsp3) is 0.435. The minimum Gasteiger partial charge on any atom is -0.496 e. The molecule has 2 aromatic carbocycles. The summed E-state index contributed by atoms with van der Waals surface area (Å²) in [6.45, 7) is 3.59. The van der Waals surface area contributed by atoms with E-state index in [0.29, 0.717) is 58.2 Å². The molecule has 9 nitrogen and oxygen atoms in total. The van der Waals surface area contributed by atoms with Crippen LogP contribution in [0.5, 0.6) is 11.5 Å². The van der Waals surface area contributed by atoms with Crippen molar-refractivity contribution < 1.29 is 27.4 Å². The van der Waals surface area contributed by atoms with Gasteiger partial charge in [0, 0.05) is 39.3 Å². The van der Waals surface area contributed by atoms with E-state index in [4.69, 9.17) is 14.2 Å². The monoisotopic (exact) mass is 475 g/mol. The Morgan fingerprint density at radius 3 is 2.21 bits per heavy atom. The van der Waals surface area contributed by atoms with E-state index in [0.717, 1.165) is 11.4 Å². The zero-order chi connectivity index (χ0) is 23.4. The molecular weight excluding hydrogens is 446 g/mol. The molecule has 10 heteroatoms. The molecule has 2 saturated heterocycles. The summed E-state index contributed by atoms with van der Waals surface area (Å²) < 4.78 is 43.7. The number of piperazine rings is 1. The molecule has 0 aromatic heterocycles. The summed E-state index contributed by atoms with van der Waals surface area (Å²) in [5.74, 6) is 0.901. The first kappa shape index (κ1) is 23.3. The summed E-state index contributed by atoms with van der Waals surface area (Å²) in [6, 6.07) is 12.3. The third-order valence-electron chi connectivity index (χ3n) is 6.00. The molecule has 0 radical (unpaired) electrons. The number of hydrogen-bond acceptors (Lipinski definition) is 7. The molecule has 4 rings (SSSR count). The van der Waals surface area contributed by atoms with E-state index >= 15 is 0 Å². The van der Waals surface area contributed by atoms with Crippen molar-refractivity contribution in [2.75, 3.05) is 71.6 Å². The van der Waals surface area contributed by atoms with E-state index in [9.17, 15) is 13.2 Å². The maximum Gasteiger partial charge on any atom is 0.257 e. The van der Waals surface area contributed by atoms with Gasteiger partial charge in [0.25, 0.3) is 5.91 Å². The predicted octanol–water partition coefficient (Wildman–Crippen LogP) is 1.69. The second-order valence-corrected chi connectivity index (χ2v) is 9.77. The van der Waals surface area contributed by atoms with Crippen LogP contribution >= 0.6 is 0 Å². The van der Waals surface area contributed by atoms with Crippen molar-refractivity contribution in [3.05, 3.63) is 48.0 Å². The number of nitrogens with zero attached hydrogens (tertiary/aromatic N) is 3. The minimum atomic E-state index is -3.72. The highest BCUT2D eigenvalue weighted by molar-refractivity contribution is 7.89. The summed E-state index contributed by atoms with van der Waals surface area (Å²) in [5.41, 5.74) is 1.24. The molecular formula is C23H29N3O6S. The quantitative estimate of drug-likeness (QED) is 0.628. The zero-order valence-electron chi connectivity index (χ0n) is 18.9. The van der Waals surface area contributed by atoms with E-state index in [1.807, 2.05) is 24.3 Å². The molecule has 1 amide bonds. The standard InChI is InChI=1S/C23H29N3O6S/c1-30-21-8-7-18(33(28,29)26-13-15-32-16-14-26)17-19(21)23(27)25-11-9-24(10-12-25)20-5-3-4-6-22(20)31-2/h3-8,17H,9-16H2,1-2H3. The molecule has 0 unspecified atom stereocenters. The Bertz CT molecular complexity index is 1090. The van der Waals surface area contributed by atoms with Crippen molar-refractivity contribution in [2.45, 2.75) is 4.90 Å². The Hall–Kier alpha value is -2.82. The molecule has 2 heterocycles. The highest BCUT2D eigenvalue weighted by atomic mass is 32.2. The maximum absolute atomic E-state index is 13.4. The first-order chi connectivity index (χ1) is 16.0. The number of para-hydroxylation sites is 2. The van der Waals surface area contributed by atoms with E-state index < -0.39 is 10.0 Å². The molecule has 2 aliphatic rings. The lowest BCUT2D eigenvalue weighted by molar-refractivity contribution is 0.0728. The van der Waals surface area contributed by atoms with E-state index in [2.05, 4.69) is 4.90 Å². The van der Waals surface area contributed by atoms with Gasteiger partial charge in [-0.15, -0.1) is 0 Å². The summed E-state index contributed by atoms with van der Waals surface area (Å²) in [4.78, 5) is 17.4. The van der Waals surface area contributed by atoms with Gasteiger partial charge in [0.15, 0.2) is 0 Å². The number of ether oxygens (including phenoxy) is 3. The lowest BCUT2D eigenvalue weighted by Gasteiger charge is -2.36. The fourth-order valence-electron chi connectivity index (χ4n) is 4.16. The Labute approximate surface area is 194 Å². The van der Waals surface area contributed by atoms with Crippen LogP contribution in [-0.4, -0.2) is 90.2 Å². The fourth-order valence-corrected chi connectivity index (χ4v) is 5.60. The van der Waals surface area contributed by atoms with Gasteiger partial charge in [-0.05, 0) is 30.3 Å². The number of hydrogen-bond donors (Lipinski definition) is 0. The third-order valence-corrected chi connectivity index (χ3v) is 7.90. The van der Waals surface area contributed by atoms with Gasteiger partial charge in [0.1, 0.15) is 11.5 Å². The first-order valence-corrected chi connectivity index (χ1v) is 12.3. The van der Waals surface area contributed by atoms with Gasteiger partial charge in [-0.3, -0.25) is 4.79 Å². The zero-order valence-corrected chi connectivity index (χ0v) is 19.7. The molecule has 2 aromatic rings. The van der Waals surface area contributed by atoms with Gasteiger partial charge in [-0.2, -0.15) is 4.31 Å². The SMILES string of the molecule is COc1ccc(S(=O)(=O)N2CCOCC2)cc1C(=O)N1CCN(c2ccccc2OC)CC1. The number of methoxy groups -OCH3 is 2. The number of rotatable bonds is 6. The summed E-state index contributed by atoms with van der Waals surface area (Å²) in [7, 11) is -0.606. The normalized spacial score (nSPS) is 17.6. The molecule has 0 saturated carbocycles. The van der Waals surface area contributed by atoms with Crippen LogP contribution in [0, 0.1) is 0 Å². The largest absolute Gasteiger partial charge is 0.496 e. The van der Waals surface area contributed by atoms with Crippen molar-refractivity contribution in [3.63, 3.8) is 0 Å². The van der Waals surface area contributed by atoms with Crippen LogP contribution in [0.2, 0.25) is 0 Å². The lowest BCUT2D eigenvalue weighted by atomic mass is 10.1. The van der Waals surface area contributed by atoms with E-state index in [1.54, 1.807) is 18.1 Å². The van der Waals surface area contributed by atoms with E-state index in [-0.39, 0.29) is 16.4 Å². The predicted molar refractivity (Wildman–Crippen MR) is 124 cm³/mol. The van der Waals surface area contributed by atoms with Crippen molar-refractivity contribution in [1.29, 1.82) is 0 Å². The number of carbonyl (C=O) groups is 1. The second kappa shape index (κ2) is 9.98. The highest BCUT2D eigenvalue weighted by Crippen LogP contribution is 2.30. The second-order valence-electron chi connectivity index (χ2n) is 7.83. The topological polar surface area (TPSA) is 88.6 Å². The lowest BCUT2D eigenvalue weighted by Crippen LogP contribution is -2.49. The molecule has 2 aliphatic heterocycles. The number of carbonyl (C=O) groups excluding carboxylic acids is 1. The Morgan fingerprint density at radius 1 is 0.879 bits per heavy atom. The number of morpholine rings is 1. The maximum atomic E-state index is 13.4. The average molecular weight is 476 g/mol. The molecule has 0 spiro atoms. The summed E-state index contributed by atoms with van der Waals surface area (Å²) >= 11 is 0. The Morgan fingerprint density at radius 2 is 1.55 bits per heavy atom. The van der Waals surface area contributed by atoms with Crippen LogP contribution in [-0.2, 0) is 14.8 Å². The van der Waals surface area contributed by atoms with Crippen molar-refractivity contribution in [3.8, 4) is 11.5 Å². The van der Waals surface area contributed by atoms with Crippen LogP contribution in [0.3, 0.4) is 0 Å². The highest BCUT2D eigenvalue weighted by Gasteiger charge is 2.30. The Kier molecular flexibility index (Phi) is 7.06. The minimum absolute atomic E-state index is 0.0845. The van der Waals surface area contributed by atoms with E-state index in [1.165, 1.54) is 23.5 Å². The molecule has 0 N–H and O–H groups in total.